The molecule has 0 bridgehead atoms. The van der Waals surface area contributed by atoms with Gasteiger partial charge in [0, 0.05) is 30.6 Å². The Morgan fingerprint density at radius 1 is 1.17 bits per heavy atom. The Morgan fingerprint density at radius 2 is 1.87 bits per heavy atom. The van der Waals surface area contributed by atoms with Gasteiger partial charge in [-0.05, 0) is 50.7 Å². The SMILES string of the molecule is Cc1c(C(=O)N2CCC(C)CC2)oc2c1/C(=N/NS(=O)(=O)c1ccccc1)CCC2. The molecule has 0 saturated carbocycles. The first kappa shape index (κ1) is 20.7. The van der Waals surface area contributed by atoms with Gasteiger partial charge in [0.25, 0.3) is 15.9 Å². The molecule has 1 saturated heterocycles. The number of carbonyl (C=O) groups is 1. The lowest BCUT2D eigenvalue weighted by molar-refractivity contribution is 0.0662. The highest BCUT2D eigenvalue weighted by Crippen LogP contribution is 2.31. The van der Waals surface area contributed by atoms with E-state index in [4.69, 9.17) is 4.42 Å². The molecule has 1 aromatic heterocycles. The monoisotopic (exact) mass is 429 g/mol. The second-order valence-corrected chi connectivity index (χ2v) is 9.81. The topological polar surface area (TPSA) is 92.0 Å². The van der Waals surface area contributed by atoms with Crippen molar-refractivity contribution in [1.29, 1.82) is 0 Å². The van der Waals surface area contributed by atoms with Gasteiger partial charge in [-0.25, -0.2) is 0 Å². The van der Waals surface area contributed by atoms with Gasteiger partial charge in [0.2, 0.25) is 0 Å². The van der Waals surface area contributed by atoms with Crippen molar-refractivity contribution in [1.82, 2.24) is 9.73 Å². The lowest BCUT2D eigenvalue weighted by atomic mass is 9.93. The smallest absolute Gasteiger partial charge is 0.289 e. The molecule has 8 heteroatoms. The number of amides is 1. The molecule has 1 N–H and O–H groups in total. The Hall–Kier alpha value is -2.61. The molecular formula is C22H27N3O4S. The van der Waals surface area contributed by atoms with Crippen LogP contribution in [0.15, 0.2) is 44.7 Å². The average molecular weight is 430 g/mol. The minimum atomic E-state index is -3.75. The number of hydrogen-bond donors (Lipinski definition) is 1. The van der Waals surface area contributed by atoms with Gasteiger partial charge in [0.1, 0.15) is 5.76 Å². The van der Waals surface area contributed by atoms with Crippen LogP contribution < -0.4 is 4.83 Å². The number of nitrogens with one attached hydrogen (secondary N) is 1. The summed E-state index contributed by atoms with van der Waals surface area (Å²) in [6.45, 7) is 5.54. The van der Waals surface area contributed by atoms with Crippen LogP contribution in [0.5, 0.6) is 0 Å². The largest absolute Gasteiger partial charge is 0.455 e. The van der Waals surface area contributed by atoms with Gasteiger partial charge >= 0.3 is 0 Å². The molecule has 2 aliphatic rings. The summed E-state index contributed by atoms with van der Waals surface area (Å²) in [5.74, 6) is 1.62. The Bertz CT molecular complexity index is 1070. The zero-order chi connectivity index (χ0) is 21.3. The molecule has 0 unspecified atom stereocenters. The van der Waals surface area contributed by atoms with Crippen molar-refractivity contribution in [3.63, 3.8) is 0 Å². The quantitative estimate of drug-likeness (QED) is 0.753. The van der Waals surface area contributed by atoms with Crippen LogP contribution in [0.25, 0.3) is 0 Å². The van der Waals surface area contributed by atoms with Crippen LogP contribution in [-0.4, -0.2) is 38.0 Å². The minimum Gasteiger partial charge on any atom is -0.455 e. The molecule has 1 aliphatic heterocycles. The fourth-order valence-corrected chi connectivity index (χ4v) is 4.96. The van der Waals surface area contributed by atoms with E-state index >= 15 is 0 Å². The number of piperidine rings is 1. The molecule has 1 amide bonds. The van der Waals surface area contributed by atoms with E-state index < -0.39 is 10.0 Å². The van der Waals surface area contributed by atoms with Crippen molar-refractivity contribution in [2.24, 2.45) is 11.0 Å². The fraction of sp³-hybridized carbons (Fsp3) is 0.455. The lowest BCUT2D eigenvalue weighted by Crippen LogP contribution is -2.38. The van der Waals surface area contributed by atoms with E-state index in [1.165, 1.54) is 12.1 Å². The number of sulfonamides is 1. The predicted molar refractivity (Wildman–Crippen MR) is 114 cm³/mol. The lowest BCUT2D eigenvalue weighted by Gasteiger charge is -2.29. The van der Waals surface area contributed by atoms with Crippen molar-refractivity contribution in [2.75, 3.05) is 13.1 Å². The standard InChI is InChI=1S/C22H27N3O4S/c1-15-11-13-25(14-12-15)22(26)21-16(2)20-18(9-6-10-19(20)29-21)23-24-30(27,28)17-7-4-3-5-8-17/h3-5,7-8,15,24H,6,9-14H2,1-2H3/b23-18+. The second-order valence-electron chi connectivity index (χ2n) is 8.15. The highest BCUT2D eigenvalue weighted by Gasteiger charge is 2.31. The molecule has 30 heavy (non-hydrogen) atoms. The van der Waals surface area contributed by atoms with E-state index in [0.717, 1.165) is 43.5 Å². The first-order valence-electron chi connectivity index (χ1n) is 10.4. The van der Waals surface area contributed by atoms with Crippen LogP contribution in [0, 0.1) is 12.8 Å². The van der Waals surface area contributed by atoms with Crippen LogP contribution >= 0.6 is 0 Å². The van der Waals surface area contributed by atoms with Crippen molar-refractivity contribution in [3.05, 3.63) is 53.0 Å². The number of nitrogens with zero attached hydrogens (tertiary/aromatic N) is 2. The third kappa shape index (κ3) is 4.01. The number of likely N-dealkylation sites (tertiary alicyclic amines) is 1. The maximum atomic E-state index is 13.0. The van der Waals surface area contributed by atoms with Gasteiger partial charge in [-0.1, -0.05) is 25.1 Å². The Labute approximate surface area is 177 Å². The first-order valence-corrected chi connectivity index (χ1v) is 11.9. The fourth-order valence-electron chi connectivity index (χ4n) is 4.11. The van der Waals surface area contributed by atoms with Crippen LogP contribution in [0.4, 0.5) is 0 Å². The molecule has 7 nitrogen and oxygen atoms in total. The number of rotatable bonds is 4. The summed E-state index contributed by atoms with van der Waals surface area (Å²) in [6, 6.07) is 8.14. The molecule has 0 atom stereocenters. The Morgan fingerprint density at radius 3 is 2.57 bits per heavy atom. The van der Waals surface area contributed by atoms with E-state index in [2.05, 4.69) is 16.9 Å². The molecule has 0 spiro atoms. The van der Waals surface area contributed by atoms with E-state index in [9.17, 15) is 13.2 Å². The number of furan rings is 1. The Kier molecular flexibility index (Phi) is 5.69. The second kappa shape index (κ2) is 8.26. The number of hydrogen-bond acceptors (Lipinski definition) is 5. The molecule has 4 rings (SSSR count). The van der Waals surface area contributed by atoms with Crippen LogP contribution in [0.2, 0.25) is 0 Å². The summed E-state index contributed by atoms with van der Waals surface area (Å²) >= 11 is 0. The molecule has 1 aliphatic carbocycles. The summed E-state index contributed by atoms with van der Waals surface area (Å²) in [6.07, 6.45) is 4.13. The molecule has 2 aromatic rings. The summed E-state index contributed by atoms with van der Waals surface area (Å²) < 4.78 is 31.0. The molecular weight excluding hydrogens is 402 g/mol. The zero-order valence-electron chi connectivity index (χ0n) is 17.3. The van der Waals surface area contributed by atoms with Crippen molar-refractivity contribution in [3.8, 4) is 0 Å². The number of aryl methyl sites for hydroxylation is 1. The van der Waals surface area contributed by atoms with Gasteiger partial charge in [0.05, 0.1) is 10.6 Å². The third-order valence-corrected chi connectivity index (χ3v) is 7.17. The number of hydrazone groups is 1. The third-order valence-electron chi connectivity index (χ3n) is 5.95. The molecule has 1 fully saturated rings. The van der Waals surface area contributed by atoms with E-state index in [1.54, 1.807) is 18.2 Å². The highest BCUT2D eigenvalue weighted by atomic mass is 32.2. The maximum absolute atomic E-state index is 13.0. The van der Waals surface area contributed by atoms with Gasteiger partial charge in [-0.15, -0.1) is 0 Å². The van der Waals surface area contributed by atoms with Crippen molar-refractivity contribution in [2.45, 2.75) is 50.8 Å². The van der Waals surface area contributed by atoms with E-state index in [1.807, 2.05) is 11.8 Å². The number of fused-ring (bicyclic) bond motifs is 1. The molecule has 1 aromatic carbocycles. The molecule has 160 valence electrons. The summed E-state index contributed by atoms with van der Waals surface area (Å²) in [4.78, 5) is 17.4. The minimum absolute atomic E-state index is 0.0852. The molecule has 0 radical (unpaired) electrons. The predicted octanol–water partition coefficient (Wildman–Crippen LogP) is 3.48. The van der Waals surface area contributed by atoms with Gasteiger partial charge in [-0.3, -0.25) is 4.79 Å². The van der Waals surface area contributed by atoms with Crippen LogP contribution in [0.1, 0.15) is 60.0 Å². The van der Waals surface area contributed by atoms with Crippen LogP contribution in [0.3, 0.4) is 0 Å². The van der Waals surface area contributed by atoms with Gasteiger partial charge in [-0.2, -0.15) is 18.4 Å². The summed E-state index contributed by atoms with van der Waals surface area (Å²) in [5, 5.41) is 4.22. The highest BCUT2D eigenvalue weighted by molar-refractivity contribution is 7.89. The maximum Gasteiger partial charge on any atom is 0.289 e. The van der Waals surface area contributed by atoms with Crippen LogP contribution in [-0.2, 0) is 16.4 Å². The van der Waals surface area contributed by atoms with Crippen molar-refractivity contribution >= 4 is 21.6 Å². The Balaban J connectivity index is 1.60. The number of benzene rings is 1. The van der Waals surface area contributed by atoms with E-state index in [0.29, 0.717) is 36.0 Å². The zero-order valence-corrected chi connectivity index (χ0v) is 18.2. The summed E-state index contributed by atoms with van der Waals surface area (Å²) in [5.41, 5.74) is 2.13. The molecule has 2 heterocycles. The van der Waals surface area contributed by atoms with E-state index in [-0.39, 0.29) is 10.8 Å². The van der Waals surface area contributed by atoms with Gasteiger partial charge in [0.15, 0.2) is 5.76 Å². The number of carbonyl (C=O) groups excluding carboxylic acids is 1. The first-order chi connectivity index (χ1) is 14.4. The normalized spacial score (nSPS) is 19.0. The summed E-state index contributed by atoms with van der Waals surface area (Å²) in [7, 11) is -3.75. The van der Waals surface area contributed by atoms with Crippen molar-refractivity contribution < 1.29 is 17.6 Å². The van der Waals surface area contributed by atoms with Gasteiger partial charge < -0.3 is 9.32 Å². The average Bonchev–Trinajstić information content (AvgIpc) is 3.10.